The number of aromatic nitrogens is 1. The Bertz CT molecular complexity index is 460. The van der Waals surface area contributed by atoms with E-state index in [1.807, 2.05) is 0 Å². The second-order valence-electron chi connectivity index (χ2n) is 4.87. The Morgan fingerprint density at radius 1 is 1.59 bits per heavy atom. The largest absolute Gasteiger partial charge is 0.478 e. The van der Waals surface area contributed by atoms with Gasteiger partial charge in [0.25, 0.3) is 0 Å². The number of carboxylic acids is 1. The van der Waals surface area contributed by atoms with E-state index in [9.17, 15) is 4.79 Å². The van der Waals surface area contributed by atoms with Crippen LogP contribution in [0.2, 0.25) is 5.02 Å². The first-order valence-electron chi connectivity index (χ1n) is 5.59. The van der Waals surface area contributed by atoms with Crippen LogP contribution in [0.3, 0.4) is 0 Å². The molecule has 0 aromatic carbocycles. The lowest BCUT2D eigenvalue weighted by atomic mass is 10.0. The van der Waals surface area contributed by atoms with Crippen molar-refractivity contribution < 1.29 is 9.90 Å². The minimum Gasteiger partial charge on any atom is -0.478 e. The van der Waals surface area contributed by atoms with Crippen LogP contribution in [0.1, 0.15) is 37.0 Å². The molecule has 2 rings (SSSR count). The lowest BCUT2D eigenvalue weighted by Gasteiger charge is -2.33. The van der Waals surface area contributed by atoms with Gasteiger partial charge in [-0.05, 0) is 32.8 Å². The molecule has 0 saturated carbocycles. The summed E-state index contributed by atoms with van der Waals surface area (Å²) in [4.78, 5) is 17.3. The Labute approximate surface area is 105 Å². The standard InChI is InChI=1S/C12H15ClN2O2/c1-12(2)5-3-7-15(12)10-9(13)8(11(16)17)4-6-14-10/h4,6H,3,5,7H2,1-2H3,(H,16,17). The number of carboxylic acid groups (broad SMARTS) is 1. The molecule has 17 heavy (non-hydrogen) atoms. The van der Waals surface area contributed by atoms with Gasteiger partial charge in [0.1, 0.15) is 5.82 Å². The molecule has 92 valence electrons. The highest BCUT2D eigenvalue weighted by molar-refractivity contribution is 6.35. The minimum absolute atomic E-state index is 0.0201. The molecule has 2 heterocycles. The molecule has 0 spiro atoms. The lowest BCUT2D eigenvalue weighted by molar-refractivity contribution is 0.0697. The zero-order valence-corrected chi connectivity index (χ0v) is 10.7. The van der Waals surface area contributed by atoms with E-state index in [-0.39, 0.29) is 16.1 Å². The second kappa shape index (κ2) is 4.18. The maximum Gasteiger partial charge on any atom is 0.337 e. The predicted molar refractivity (Wildman–Crippen MR) is 66.9 cm³/mol. The zero-order valence-electron chi connectivity index (χ0n) is 9.90. The molecule has 1 aliphatic rings. The summed E-state index contributed by atoms with van der Waals surface area (Å²) < 4.78 is 0. The van der Waals surface area contributed by atoms with Gasteiger partial charge in [0, 0.05) is 18.3 Å². The van der Waals surface area contributed by atoms with Crippen LogP contribution in [0.4, 0.5) is 5.82 Å². The number of carbonyl (C=O) groups is 1. The maximum absolute atomic E-state index is 11.0. The van der Waals surface area contributed by atoms with Crippen molar-refractivity contribution in [2.24, 2.45) is 0 Å². The second-order valence-corrected chi connectivity index (χ2v) is 5.25. The fourth-order valence-corrected chi connectivity index (χ4v) is 2.58. The molecule has 1 N–H and O–H groups in total. The molecule has 1 aliphatic heterocycles. The van der Waals surface area contributed by atoms with Crippen LogP contribution in [-0.4, -0.2) is 28.1 Å². The van der Waals surface area contributed by atoms with E-state index in [1.165, 1.54) is 12.3 Å². The first-order chi connectivity index (χ1) is 7.93. The number of rotatable bonds is 2. The average molecular weight is 255 g/mol. The van der Waals surface area contributed by atoms with Gasteiger partial charge >= 0.3 is 5.97 Å². The van der Waals surface area contributed by atoms with Crippen molar-refractivity contribution in [3.05, 3.63) is 22.8 Å². The Hall–Kier alpha value is -1.29. The molecule has 0 atom stereocenters. The van der Waals surface area contributed by atoms with E-state index in [2.05, 4.69) is 23.7 Å². The van der Waals surface area contributed by atoms with Gasteiger partial charge in [0.2, 0.25) is 0 Å². The third-order valence-electron chi connectivity index (χ3n) is 3.26. The minimum atomic E-state index is -1.02. The molecule has 5 heteroatoms. The summed E-state index contributed by atoms with van der Waals surface area (Å²) in [5.41, 5.74) is 0.0905. The van der Waals surface area contributed by atoms with E-state index in [1.54, 1.807) is 0 Å². The molecule has 0 unspecified atom stereocenters. The van der Waals surface area contributed by atoms with E-state index < -0.39 is 5.97 Å². The molecule has 1 aromatic heterocycles. The summed E-state index contributed by atoms with van der Waals surface area (Å²) in [6.07, 6.45) is 3.63. The van der Waals surface area contributed by atoms with Crippen LogP contribution in [0.5, 0.6) is 0 Å². The molecule has 0 radical (unpaired) electrons. The SMILES string of the molecule is CC1(C)CCCN1c1nccc(C(=O)O)c1Cl. The first kappa shape index (κ1) is 12.2. The summed E-state index contributed by atoms with van der Waals surface area (Å²) >= 11 is 6.13. The third kappa shape index (κ3) is 2.09. The van der Waals surface area contributed by atoms with Crippen molar-refractivity contribution in [2.45, 2.75) is 32.2 Å². The van der Waals surface area contributed by atoms with Crippen LogP contribution >= 0.6 is 11.6 Å². The van der Waals surface area contributed by atoms with Crippen LogP contribution in [0, 0.1) is 0 Å². The van der Waals surface area contributed by atoms with Crippen LogP contribution in [0.25, 0.3) is 0 Å². The Kier molecular flexibility index (Phi) is 3.00. The normalized spacial score (nSPS) is 18.4. The lowest BCUT2D eigenvalue weighted by Crippen LogP contribution is -2.39. The fraction of sp³-hybridized carbons (Fsp3) is 0.500. The molecule has 0 bridgehead atoms. The van der Waals surface area contributed by atoms with Crippen LogP contribution in [-0.2, 0) is 0 Å². The van der Waals surface area contributed by atoms with Gasteiger partial charge in [-0.15, -0.1) is 0 Å². The molecule has 1 fully saturated rings. The molecule has 1 aromatic rings. The molecular weight excluding hydrogens is 240 g/mol. The maximum atomic E-state index is 11.0. The van der Waals surface area contributed by atoms with Crippen molar-refractivity contribution in [1.29, 1.82) is 0 Å². The van der Waals surface area contributed by atoms with Gasteiger partial charge in [-0.3, -0.25) is 0 Å². The van der Waals surface area contributed by atoms with Crippen LogP contribution < -0.4 is 4.90 Å². The van der Waals surface area contributed by atoms with Crippen molar-refractivity contribution in [3.8, 4) is 0 Å². The number of halogens is 1. The molecular formula is C12H15ClN2O2. The smallest absolute Gasteiger partial charge is 0.337 e. The van der Waals surface area contributed by atoms with E-state index in [0.29, 0.717) is 5.82 Å². The number of nitrogens with zero attached hydrogens (tertiary/aromatic N) is 2. The van der Waals surface area contributed by atoms with Gasteiger partial charge < -0.3 is 10.0 Å². The molecule has 4 nitrogen and oxygen atoms in total. The monoisotopic (exact) mass is 254 g/mol. The average Bonchev–Trinajstić information content (AvgIpc) is 2.58. The fourth-order valence-electron chi connectivity index (χ4n) is 2.29. The Balaban J connectivity index is 2.46. The highest BCUT2D eigenvalue weighted by atomic mass is 35.5. The third-order valence-corrected chi connectivity index (χ3v) is 3.63. The number of pyridine rings is 1. The summed E-state index contributed by atoms with van der Waals surface area (Å²) in [6, 6.07) is 1.43. The number of hydrogen-bond acceptors (Lipinski definition) is 3. The Morgan fingerprint density at radius 2 is 2.29 bits per heavy atom. The van der Waals surface area contributed by atoms with Crippen molar-refractivity contribution in [3.63, 3.8) is 0 Å². The van der Waals surface area contributed by atoms with E-state index >= 15 is 0 Å². The summed E-state index contributed by atoms with van der Waals surface area (Å²) in [6.45, 7) is 5.10. The number of hydrogen-bond donors (Lipinski definition) is 1. The quantitative estimate of drug-likeness (QED) is 0.882. The van der Waals surface area contributed by atoms with Crippen molar-refractivity contribution in [1.82, 2.24) is 4.98 Å². The predicted octanol–water partition coefficient (Wildman–Crippen LogP) is 2.81. The van der Waals surface area contributed by atoms with Crippen LogP contribution in [0.15, 0.2) is 12.3 Å². The molecule has 0 amide bonds. The Morgan fingerprint density at radius 3 is 2.82 bits per heavy atom. The molecule has 1 saturated heterocycles. The van der Waals surface area contributed by atoms with E-state index in [0.717, 1.165) is 19.4 Å². The number of aromatic carboxylic acids is 1. The van der Waals surface area contributed by atoms with E-state index in [4.69, 9.17) is 16.7 Å². The van der Waals surface area contributed by atoms with Gasteiger partial charge in [-0.2, -0.15) is 0 Å². The van der Waals surface area contributed by atoms with Crippen molar-refractivity contribution in [2.75, 3.05) is 11.4 Å². The van der Waals surface area contributed by atoms with Gasteiger partial charge in [-0.1, -0.05) is 11.6 Å². The zero-order chi connectivity index (χ0) is 12.6. The van der Waals surface area contributed by atoms with Gasteiger partial charge in [0.05, 0.1) is 10.6 Å². The van der Waals surface area contributed by atoms with Gasteiger partial charge in [-0.25, -0.2) is 9.78 Å². The topological polar surface area (TPSA) is 53.4 Å². The molecule has 0 aliphatic carbocycles. The summed E-state index contributed by atoms with van der Waals surface area (Å²) in [5, 5.41) is 9.26. The highest BCUT2D eigenvalue weighted by Gasteiger charge is 2.34. The van der Waals surface area contributed by atoms with Gasteiger partial charge in [0.15, 0.2) is 0 Å². The first-order valence-corrected chi connectivity index (χ1v) is 5.97. The summed E-state index contributed by atoms with van der Waals surface area (Å²) in [5.74, 6) is -0.440. The summed E-state index contributed by atoms with van der Waals surface area (Å²) in [7, 11) is 0. The van der Waals surface area contributed by atoms with Crippen molar-refractivity contribution >= 4 is 23.4 Å². The highest BCUT2D eigenvalue weighted by Crippen LogP contribution is 2.37. The number of anilines is 1.